The first-order chi connectivity index (χ1) is 5.83. The van der Waals surface area contributed by atoms with E-state index in [0.717, 1.165) is 11.4 Å². The largest absolute Gasteiger partial charge is 0.237 e. The minimum Gasteiger partial charge on any atom is -0.237 e. The second kappa shape index (κ2) is 4.79. The first kappa shape index (κ1) is 9.09. The fourth-order valence-electron chi connectivity index (χ4n) is 0.689. The third-order valence-electron chi connectivity index (χ3n) is 1.26. The predicted molar refractivity (Wildman–Crippen MR) is 43.2 cm³/mol. The minimum atomic E-state index is 0.348. The van der Waals surface area contributed by atoms with E-state index in [4.69, 9.17) is 9.78 Å². The van der Waals surface area contributed by atoms with E-state index in [1.54, 1.807) is 0 Å². The highest BCUT2D eigenvalue weighted by atomic mass is 17.2. The Morgan fingerprint density at radius 2 is 2.08 bits per heavy atom. The Hall–Kier alpha value is -1.00. The van der Waals surface area contributed by atoms with Crippen LogP contribution in [0.4, 0.5) is 0 Å². The topological polar surface area (TPSA) is 44.2 Å². The first-order valence-corrected chi connectivity index (χ1v) is 3.86. The van der Waals surface area contributed by atoms with Gasteiger partial charge in [0.25, 0.3) is 0 Å². The summed E-state index contributed by atoms with van der Waals surface area (Å²) in [5, 5.41) is 7.77. The van der Waals surface area contributed by atoms with Gasteiger partial charge >= 0.3 is 0 Å². The van der Waals surface area contributed by atoms with Crippen molar-refractivity contribution in [3.63, 3.8) is 0 Å². The molecule has 12 heavy (non-hydrogen) atoms. The quantitative estimate of drug-likeness (QED) is 0.385. The Bertz CT molecular complexity index is 223. The van der Waals surface area contributed by atoms with Crippen LogP contribution in [0.15, 0.2) is 12.1 Å². The van der Waals surface area contributed by atoms with Crippen LogP contribution in [0.1, 0.15) is 18.3 Å². The van der Waals surface area contributed by atoms with Gasteiger partial charge < -0.3 is 0 Å². The molecule has 0 aliphatic heterocycles. The maximum Gasteiger partial charge on any atom is 0.126 e. The van der Waals surface area contributed by atoms with Gasteiger partial charge in [0.05, 0.1) is 18.0 Å². The van der Waals surface area contributed by atoms with E-state index < -0.39 is 0 Å². The summed E-state index contributed by atoms with van der Waals surface area (Å²) in [6.07, 6.45) is 0. The van der Waals surface area contributed by atoms with E-state index in [-0.39, 0.29) is 0 Å². The van der Waals surface area contributed by atoms with Gasteiger partial charge in [-0.05, 0) is 26.0 Å². The molecule has 0 aliphatic rings. The molecule has 0 aromatic carbocycles. The molecule has 0 atom stereocenters. The van der Waals surface area contributed by atoms with Crippen LogP contribution < -0.4 is 0 Å². The molecule has 0 spiro atoms. The summed E-state index contributed by atoms with van der Waals surface area (Å²) in [7, 11) is 0. The van der Waals surface area contributed by atoms with Crippen LogP contribution in [0.5, 0.6) is 0 Å². The first-order valence-electron chi connectivity index (χ1n) is 3.86. The molecular formula is C8H12N2O2. The van der Waals surface area contributed by atoms with Crippen molar-refractivity contribution >= 4 is 0 Å². The zero-order valence-corrected chi connectivity index (χ0v) is 7.28. The summed E-state index contributed by atoms with van der Waals surface area (Å²) < 4.78 is 0. The van der Waals surface area contributed by atoms with Gasteiger partial charge in [-0.15, -0.1) is 0 Å². The van der Waals surface area contributed by atoms with Crippen molar-refractivity contribution in [2.45, 2.75) is 20.5 Å². The van der Waals surface area contributed by atoms with Crippen LogP contribution in [-0.2, 0) is 16.4 Å². The number of rotatable bonds is 4. The van der Waals surface area contributed by atoms with E-state index in [9.17, 15) is 0 Å². The molecular weight excluding hydrogens is 156 g/mol. The molecule has 1 heterocycles. The summed E-state index contributed by atoms with van der Waals surface area (Å²) in [5.41, 5.74) is 1.67. The number of hydrogen-bond donors (Lipinski definition) is 0. The minimum absolute atomic E-state index is 0.348. The van der Waals surface area contributed by atoms with Gasteiger partial charge in [0.2, 0.25) is 0 Å². The van der Waals surface area contributed by atoms with Gasteiger partial charge in [0.15, 0.2) is 0 Å². The van der Waals surface area contributed by atoms with Gasteiger partial charge in [0.1, 0.15) is 6.61 Å². The van der Waals surface area contributed by atoms with Gasteiger partial charge in [-0.2, -0.15) is 10.2 Å². The predicted octanol–water partition coefficient (Wildman–Crippen LogP) is 1.25. The van der Waals surface area contributed by atoms with Crippen LogP contribution in [0, 0.1) is 6.92 Å². The Labute approximate surface area is 71.5 Å². The van der Waals surface area contributed by atoms with Crippen molar-refractivity contribution < 1.29 is 9.78 Å². The maximum atomic E-state index is 4.81. The summed E-state index contributed by atoms with van der Waals surface area (Å²) in [6, 6.07) is 3.75. The zero-order chi connectivity index (χ0) is 8.81. The second-order valence-electron chi connectivity index (χ2n) is 2.33. The van der Waals surface area contributed by atoms with Crippen molar-refractivity contribution in [3.05, 3.63) is 23.5 Å². The molecule has 0 aliphatic carbocycles. The number of hydrogen-bond acceptors (Lipinski definition) is 4. The number of nitrogens with zero attached hydrogens (tertiary/aromatic N) is 2. The Balaban J connectivity index is 2.37. The molecule has 1 aromatic heterocycles. The van der Waals surface area contributed by atoms with Gasteiger partial charge in [0, 0.05) is 0 Å². The third kappa shape index (κ3) is 2.94. The normalized spacial score (nSPS) is 10.2. The molecule has 0 radical (unpaired) electrons. The molecule has 0 saturated heterocycles. The van der Waals surface area contributed by atoms with E-state index in [1.807, 2.05) is 26.0 Å². The van der Waals surface area contributed by atoms with Crippen LogP contribution in [0.2, 0.25) is 0 Å². The zero-order valence-electron chi connectivity index (χ0n) is 7.28. The highest BCUT2D eigenvalue weighted by Crippen LogP contribution is 1.97. The smallest absolute Gasteiger partial charge is 0.126 e. The lowest BCUT2D eigenvalue weighted by Crippen LogP contribution is -1.98. The van der Waals surface area contributed by atoms with E-state index in [0.29, 0.717) is 13.2 Å². The lowest BCUT2D eigenvalue weighted by molar-refractivity contribution is -0.301. The van der Waals surface area contributed by atoms with Crippen molar-refractivity contribution in [2.24, 2.45) is 0 Å². The van der Waals surface area contributed by atoms with E-state index >= 15 is 0 Å². The number of aryl methyl sites for hydroxylation is 1. The molecule has 0 bridgehead atoms. The molecule has 0 fully saturated rings. The van der Waals surface area contributed by atoms with Crippen molar-refractivity contribution in [1.82, 2.24) is 10.2 Å². The van der Waals surface area contributed by atoms with Crippen molar-refractivity contribution in [1.29, 1.82) is 0 Å². The molecule has 1 aromatic rings. The average molecular weight is 168 g/mol. The Kier molecular flexibility index (Phi) is 3.63. The lowest BCUT2D eigenvalue weighted by atomic mass is 10.3. The Morgan fingerprint density at radius 3 is 2.67 bits per heavy atom. The van der Waals surface area contributed by atoms with E-state index in [1.165, 1.54) is 0 Å². The van der Waals surface area contributed by atoms with Crippen LogP contribution >= 0.6 is 0 Å². The summed E-state index contributed by atoms with van der Waals surface area (Å²) in [6.45, 7) is 4.64. The monoisotopic (exact) mass is 168 g/mol. The SMILES string of the molecule is CCOOCc1ccc(C)nn1. The third-order valence-corrected chi connectivity index (χ3v) is 1.26. The van der Waals surface area contributed by atoms with Crippen LogP contribution in [0.25, 0.3) is 0 Å². The molecule has 0 unspecified atom stereocenters. The molecule has 66 valence electrons. The van der Waals surface area contributed by atoms with Crippen molar-refractivity contribution in [3.8, 4) is 0 Å². The second-order valence-corrected chi connectivity index (χ2v) is 2.33. The molecule has 4 heteroatoms. The fourth-order valence-corrected chi connectivity index (χ4v) is 0.689. The van der Waals surface area contributed by atoms with E-state index in [2.05, 4.69) is 10.2 Å². The highest BCUT2D eigenvalue weighted by Gasteiger charge is 1.94. The summed E-state index contributed by atoms with van der Waals surface area (Å²) >= 11 is 0. The fraction of sp³-hybridized carbons (Fsp3) is 0.500. The maximum absolute atomic E-state index is 4.81. The van der Waals surface area contributed by atoms with Gasteiger partial charge in [-0.25, -0.2) is 9.78 Å². The summed E-state index contributed by atoms with van der Waals surface area (Å²) in [5.74, 6) is 0. The van der Waals surface area contributed by atoms with Gasteiger partial charge in [-0.1, -0.05) is 0 Å². The number of aromatic nitrogens is 2. The highest BCUT2D eigenvalue weighted by molar-refractivity contribution is 5.03. The molecule has 0 saturated carbocycles. The summed E-state index contributed by atoms with van der Waals surface area (Å²) in [4.78, 5) is 9.51. The lowest BCUT2D eigenvalue weighted by Gasteiger charge is -1.99. The molecule has 4 nitrogen and oxygen atoms in total. The van der Waals surface area contributed by atoms with Crippen LogP contribution in [-0.4, -0.2) is 16.8 Å². The average Bonchev–Trinajstić information content (AvgIpc) is 2.09. The van der Waals surface area contributed by atoms with Crippen molar-refractivity contribution in [2.75, 3.05) is 6.61 Å². The molecule has 1 rings (SSSR count). The Morgan fingerprint density at radius 1 is 1.25 bits per heavy atom. The standard InChI is InChI=1S/C8H12N2O2/c1-3-11-12-6-8-5-4-7(2)9-10-8/h4-5H,3,6H2,1-2H3. The van der Waals surface area contributed by atoms with Crippen LogP contribution in [0.3, 0.4) is 0 Å². The van der Waals surface area contributed by atoms with Gasteiger partial charge in [-0.3, -0.25) is 0 Å². The molecule has 0 N–H and O–H groups in total. The molecule has 0 amide bonds.